The van der Waals surface area contributed by atoms with Gasteiger partial charge >= 0.3 is 5.97 Å². The zero-order valence-corrected chi connectivity index (χ0v) is 11.5. The van der Waals surface area contributed by atoms with Gasteiger partial charge in [0.2, 0.25) is 0 Å². The molecule has 0 aromatic carbocycles. The maximum atomic E-state index is 10.8. The highest BCUT2D eigenvalue weighted by atomic mass is 16.4. The molecule has 1 aliphatic rings. The van der Waals surface area contributed by atoms with E-state index in [2.05, 4.69) is 15.5 Å². The first kappa shape index (κ1) is 14.0. The Kier molecular flexibility index (Phi) is 4.87. The minimum atomic E-state index is -0.753. The Morgan fingerprint density at radius 1 is 1.47 bits per heavy atom. The molecule has 106 valence electrons. The van der Waals surface area contributed by atoms with E-state index < -0.39 is 5.97 Å². The maximum absolute atomic E-state index is 10.8. The van der Waals surface area contributed by atoms with Crippen LogP contribution in [-0.2, 0) is 17.8 Å². The van der Waals surface area contributed by atoms with Crippen LogP contribution in [0.25, 0.3) is 0 Å². The van der Waals surface area contributed by atoms with Crippen molar-refractivity contribution in [2.45, 2.75) is 58.4 Å². The Hall–Kier alpha value is -1.46. The first-order valence-corrected chi connectivity index (χ1v) is 7.15. The normalized spacial score (nSPS) is 17.7. The van der Waals surface area contributed by atoms with Crippen molar-refractivity contribution in [3.05, 3.63) is 5.82 Å². The van der Waals surface area contributed by atoms with E-state index in [4.69, 9.17) is 5.11 Å². The van der Waals surface area contributed by atoms with Crippen LogP contribution in [-0.4, -0.2) is 31.3 Å². The number of tetrazole rings is 1. The molecule has 0 amide bonds. The van der Waals surface area contributed by atoms with Gasteiger partial charge in [-0.05, 0) is 22.3 Å². The molecule has 19 heavy (non-hydrogen) atoms. The lowest BCUT2D eigenvalue weighted by Gasteiger charge is -2.14. The lowest BCUT2D eigenvalue weighted by Crippen LogP contribution is -2.18. The van der Waals surface area contributed by atoms with Crippen molar-refractivity contribution in [2.24, 2.45) is 11.8 Å². The number of rotatable bonds is 7. The zero-order chi connectivity index (χ0) is 13.7. The van der Waals surface area contributed by atoms with Gasteiger partial charge < -0.3 is 5.11 Å². The van der Waals surface area contributed by atoms with Crippen LogP contribution < -0.4 is 0 Å². The van der Waals surface area contributed by atoms with Crippen LogP contribution in [0.15, 0.2) is 0 Å². The molecule has 1 aromatic heterocycles. The third-order valence-corrected chi connectivity index (χ3v) is 4.02. The molecule has 2 rings (SSSR count). The van der Waals surface area contributed by atoms with Crippen molar-refractivity contribution in [3.63, 3.8) is 0 Å². The van der Waals surface area contributed by atoms with Crippen molar-refractivity contribution in [2.75, 3.05) is 0 Å². The molecule has 1 aromatic rings. The van der Waals surface area contributed by atoms with E-state index in [1.807, 2.05) is 6.92 Å². The molecule has 0 aliphatic heterocycles. The van der Waals surface area contributed by atoms with Gasteiger partial charge in [0.05, 0.1) is 0 Å². The highest BCUT2D eigenvalue weighted by Crippen LogP contribution is 2.27. The van der Waals surface area contributed by atoms with Crippen LogP contribution in [0.5, 0.6) is 0 Å². The lowest BCUT2D eigenvalue weighted by atomic mass is 10.0. The predicted molar refractivity (Wildman–Crippen MR) is 69.5 cm³/mol. The van der Waals surface area contributed by atoms with Gasteiger partial charge in [-0.1, -0.05) is 39.0 Å². The van der Waals surface area contributed by atoms with E-state index >= 15 is 0 Å². The van der Waals surface area contributed by atoms with Gasteiger partial charge in [0.25, 0.3) is 0 Å². The second-order valence-electron chi connectivity index (χ2n) is 5.50. The smallest absolute Gasteiger partial charge is 0.303 e. The number of carboxylic acids is 1. The molecule has 1 aliphatic carbocycles. The first-order chi connectivity index (χ1) is 9.19. The van der Waals surface area contributed by atoms with Crippen molar-refractivity contribution < 1.29 is 9.90 Å². The van der Waals surface area contributed by atoms with Crippen LogP contribution in [0.1, 0.15) is 51.3 Å². The lowest BCUT2D eigenvalue weighted by molar-refractivity contribution is -0.138. The number of hydrogen-bond donors (Lipinski definition) is 1. The van der Waals surface area contributed by atoms with E-state index in [0.717, 1.165) is 18.7 Å². The summed E-state index contributed by atoms with van der Waals surface area (Å²) in [5.74, 6) is 0.959. The number of nitrogens with zero attached hydrogens (tertiary/aromatic N) is 4. The first-order valence-electron chi connectivity index (χ1n) is 7.15. The van der Waals surface area contributed by atoms with Gasteiger partial charge in [-0.25, -0.2) is 4.68 Å². The second-order valence-corrected chi connectivity index (χ2v) is 5.50. The molecule has 1 atom stereocenters. The Labute approximate surface area is 113 Å². The van der Waals surface area contributed by atoms with E-state index in [0.29, 0.717) is 12.5 Å². The van der Waals surface area contributed by atoms with Gasteiger partial charge in [0, 0.05) is 19.4 Å². The van der Waals surface area contributed by atoms with Crippen molar-refractivity contribution in [1.82, 2.24) is 20.2 Å². The number of aromatic nitrogens is 4. The number of carboxylic acid groups (broad SMARTS) is 1. The van der Waals surface area contributed by atoms with Gasteiger partial charge in [-0.15, -0.1) is 5.10 Å². The van der Waals surface area contributed by atoms with Gasteiger partial charge in [0.1, 0.15) is 0 Å². The average Bonchev–Trinajstić information content (AvgIpc) is 3.01. The molecule has 0 radical (unpaired) electrons. The molecule has 6 nitrogen and oxygen atoms in total. The third-order valence-electron chi connectivity index (χ3n) is 4.02. The molecule has 1 N–H and O–H groups in total. The third kappa shape index (κ3) is 4.01. The molecule has 0 bridgehead atoms. The molecule has 0 spiro atoms. The second kappa shape index (κ2) is 6.63. The Morgan fingerprint density at radius 3 is 2.84 bits per heavy atom. The van der Waals surface area contributed by atoms with Gasteiger partial charge in [-0.2, -0.15) is 0 Å². The van der Waals surface area contributed by atoms with E-state index in [-0.39, 0.29) is 12.3 Å². The molecule has 1 fully saturated rings. The molecular formula is C13H22N4O2. The summed E-state index contributed by atoms with van der Waals surface area (Å²) in [7, 11) is 0. The summed E-state index contributed by atoms with van der Waals surface area (Å²) < 4.78 is 1.80. The van der Waals surface area contributed by atoms with Crippen LogP contribution in [0.3, 0.4) is 0 Å². The zero-order valence-electron chi connectivity index (χ0n) is 11.5. The summed E-state index contributed by atoms with van der Waals surface area (Å²) in [4.78, 5) is 10.8. The topological polar surface area (TPSA) is 80.9 Å². The largest absolute Gasteiger partial charge is 0.481 e. The minimum absolute atomic E-state index is 0.100. The number of aliphatic carboxylic acids is 1. The standard InChI is InChI=1S/C13H22N4O2/c1-2-10(8-13(18)19)9-17-12(14-15-16-17)7-11-5-3-4-6-11/h10-11H,2-9H2,1H3,(H,18,19). The molecule has 1 heterocycles. The van der Waals surface area contributed by atoms with Crippen LogP contribution in [0.2, 0.25) is 0 Å². The number of carbonyl (C=O) groups is 1. The Bertz CT molecular complexity index is 413. The Balaban J connectivity index is 1.95. The molecule has 1 unspecified atom stereocenters. The molecule has 6 heteroatoms. The fraction of sp³-hybridized carbons (Fsp3) is 0.846. The quantitative estimate of drug-likeness (QED) is 0.815. The Morgan fingerprint density at radius 2 is 2.21 bits per heavy atom. The minimum Gasteiger partial charge on any atom is -0.481 e. The predicted octanol–water partition coefficient (Wildman–Crippen LogP) is 1.91. The van der Waals surface area contributed by atoms with E-state index in [9.17, 15) is 4.79 Å². The molecule has 0 saturated heterocycles. The SMILES string of the molecule is CCC(CC(=O)O)Cn1nnnc1CC1CCCC1. The highest BCUT2D eigenvalue weighted by Gasteiger charge is 2.20. The molecular weight excluding hydrogens is 244 g/mol. The van der Waals surface area contributed by atoms with Crippen LogP contribution in [0, 0.1) is 11.8 Å². The van der Waals surface area contributed by atoms with Crippen LogP contribution in [0.4, 0.5) is 0 Å². The van der Waals surface area contributed by atoms with Crippen molar-refractivity contribution >= 4 is 5.97 Å². The summed E-state index contributed by atoms with van der Waals surface area (Å²) in [5, 5.41) is 20.7. The molecule has 1 saturated carbocycles. The van der Waals surface area contributed by atoms with Crippen LogP contribution >= 0.6 is 0 Å². The maximum Gasteiger partial charge on any atom is 0.303 e. The summed E-state index contributed by atoms with van der Waals surface area (Å²) in [5.41, 5.74) is 0. The summed E-state index contributed by atoms with van der Waals surface area (Å²) >= 11 is 0. The number of hydrogen-bond acceptors (Lipinski definition) is 4. The van der Waals surface area contributed by atoms with Crippen molar-refractivity contribution in [3.8, 4) is 0 Å². The average molecular weight is 266 g/mol. The van der Waals surface area contributed by atoms with E-state index in [1.54, 1.807) is 4.68 Å². The summed E-state index contributed by atoms with van der Waals surface area (Å²) in [6.07, 6.45) is 7.08. The van der Waals surface area contributed by atoms with Crippen molar-refractivity contribution in [1.29, 1.82) is 0 Å². The van der Waals surface area contributed by atoms with Gasteiger partial charge in [-0.3, -0.25) is 4.79 Å². The summed E-state index contributed by atoms with van der Waals surface area (Å²) in [6.45, 7) is 2.62. The fourth-order valence-electron chi connectivity index (χ4n) is 2.81. The monoisotopic (exact) mass is 266 g/mol. The highest BCUT2D eigenvalue weighted by molar-refractivity contribution is 5.66. The van der Waals surface area contributed by atoms with Gasteiger partial charge in [0.15, 0.2) is 5.82 Å². The summed E-state index contributed by atoms with van der Waals surface area (Å²) in [6, 6.07) is 0. The fourth-order valence-corrected chi connectivity index (χ4v) is 2.81. The van der Waals surface area contributed by atoms with E-state index in [1.165, 1.54) is 25.7 Å².